The van der Waals surface area contributed by atoms with Crippen LogP contribution >= 0.6 is 0 Å². The average molecular weight is 301 g/mol. The van der Waals surface area contributed by atoms with Crippen LogP contribution in [0.25, 0.3) is 0 Å². The highest BCUT2D eigenvalue weighted by atomic mass is 16.5. The van der Waals surface area contributed by atoms with E-state index in [0.29, 0.717) is 10.3 Å². The predicted molar refractivity (Wildman–Crippen MR) is 81.4 cm³/mol. The van der Waals surface area contributed by atoms with Gasteiger partial charge in [0.1, 0.15) is 5.56 Å². The van der Waals surface area contributed by atoms with Gasteiger partial charge in [-0.2, -0.15) is 9.83 Å². The van der Waals surface area contributed by atoms with E-state index in [1.807, 2.05) is 13.0 Å². The Morgan fingerprint density at radius 3 is 2.91 bits per heavy atom. The van der Waals surface area contributed by atoms with E-state index in [1.54, 1.807) is 12.1 Å². The smallest absolute Gasteiger partial charge is 0.257 e. The highest BCUT2D eigenvalue weighted by molar-refractivity contribution is 5.93. The molecule has 116 valence electrons. The summed E-state index contributed by atoms with van der Waals surface area (Å²) in [5, 5.41) is 21.4. The molecule has 3 rings (SSSR count). The molecule has 1 amide bonds. The normalized spacial score (nSPS) is 15.8. The number of piperidine rings is 1. The first-order chi connectivity index (χ1) is 10.6. The van der Waals surface area contributed by atoms with Gasteiger partial charge in [-0.3, -0.25) is 9.89 Å². The number of rotatable bonds is 3. The summed E-state index contributed by atoms with van der Waals surface area (Å²) in [6.07, 6.45) is 4.38. The summed E-state index contributed by atoms with van der Waals surface area (Å²) >= 11 is 0. The minimum Gasteiger partial charge on any atom is -0.619 e. The van der Waals surface area contributed by atoms with Crippen molar-refractivity contribution in [3.8, 4) is 0 Å². The van der Waals surface area contributed by atoms with Gasteiger partial charge in [0.2, 0.25) is 0 Å². The maximum Gasteiger partial charge on any atom is 0.257 e. The summed E-state index contributed by atoms with van der Waals surface area (Å²) in [6.45, 7) is 3.68. The Morgan fingerprint density at radius 2 is 2.27 bits per heavy atom. The monoisotopic (exact) mass is 301 g/mol. The van der Waals surface area contributed by atoms with Crippen molar-refractivity contribution in [2.75, 3.05) is 18.0 Å². The number of nitrogens with one attached hydrogen (secondary N) is 2. The molecule has 3 heterocycles. The van der Waals surface area contributed by atoms with E-state index < -0.39 is 0 Å². The Kier molecular flexibility index (Phi) is 3.95. The molecule has 22 heavy (non-hydrogen) atoms. The number of pyridine rings is 1. The molecule has 1 fully saturated rings. The van der Waals surface area contributed by atoms with Gasteiger partial charge in [0, 0.05) is 37.0 Å². The van der Waals surface area contributed by atoms with Gasteiger partial charge in [0.15, 0.2) is 18.2 Å². The molecule has 1 aliphatic heterocycles. The molecule has 2 N–H and O–H groups in total. The van der Waals surface area contributed by atoms with Gasteiger partial charge in [-0.25, -0.2) is 0 Å². The van der Waals surface area contributed by atoms with Crippen LogP contribution in [-0.4, -0.2) is 35.2 Å². The molecule has 0 atom stereocenters. The lowest BCUT2D eigenvalue weighted by Crippen LogP contribution is -2.45. The first-order valence-electron chi connectivity index (χ1n) is 7.38. The Hall–Kier alpha value is -2.57. The van der Waals surface area contributed by atoms with Crippen LogP contribution < -0.4 is 14.9 Å². The fourth-order valence-electron chi connectivity index (χ4n) is 2.68. The zero-order valence-electron chi connectivity index (χ0n) is 12.5. The van der Waals surface area contributed by atoms with Crippen molar-refractivity contribution in [2.45, 2.75) is 25.8 Å². The van der Waals surface area contributed by atoms with Crippen LogP contribution in [0.1, 0.15) is 28.9 Å². The van der Waals surface area contributed by atoms with Crippen LogP contribution in [0, 0.1) is 12.1 Å². The Balaban J connectivity index is 1.54. The molecule has 0 aliphatic carbocycles. The largest absolute Gasteiger partial charge is 0.619 e. The van der Waals surface area contributed by atoms with E-state index in [4.69, 9.17) is 0 Å². The van der Waals surface area contributed by atoms with Gasteiger partial charge in [-0.05, 0) is 25.8 Å². The minimum atomic E-state index is -0.195. The summed E-state index contributed by atoms with van der Waals surface area (Å²) in [4.78, 5) is 14.3. The van der Waals surface area contributed by atoms with Crippen molar-refractivity contribution < 1.29 is 9.52 Å². The molecule has 1 saturated heterocycles. The van der Waals surface area contributed by atoms with E-state index in [0.717, 1.165) is 37.4 Å². The third-order valence-electron chi connectivity index (χ3n) is 3.88. The Morgan fingerprint density at radius 1 is 1.50 bits per heavy atom. The van der Waals surface area contributed by atoms with Crippen molar-refractivity contribution in [3.63, 3.8) is 0 Å². The Bertz CT molecular complexity index is 661. The predicted octanol–water partition coefficient (Wildman–Crippen LogP) is 0.750. The number of nitrogens with zero attached hydrogens (tertiary/aromatic N) is 3. The van der Waals surface area contributed by atoms with Crippen molar-refractivity contribution in [3.05, 3.63) is 47.1 Å². The third-order valence-corrected chi connectivity index (χ3v) is 3.88. The fourth-order valence-corrected chi connectivity index (χ4v) is 2.68. The van der Waals surface area contributed by atoms with Crippen molar-refractivity contribution in [2.24, 2.45) is 0 Å². The van der Waals surface area contributed by atoms with Gasteiger partial charge >= 0.3 is 0 Å². The molecule has 0 saturated carbocycles. The fraction of sp³-hybridized carbons (Fsp3) is 0.400. The number of H-pyrrole nitrogens is 1. The molecular formula is C15H19N5O2. The lowest BCUT2D eigenvalue weighted by molar-refractivity contribution is -0.605. The van der Waals surface area contributed by atoms with Gasteiger partial charge in [-0.15, -0.1) is 0 Å². The van der Waals surface area contributed by atoms with Crippen LogP contribution in [0.2, 0.25) is 0 Å². The van der Waals surface area contributed by atoms with Crippen LogP contribution in [-0.2, 0) is 0 Å². The van der Waals surface area contributed by atoms with Crippen molar-refractivity contribution >= 4 is 11.7 Å². The molecular weight excluding hydrogens is 282 g/mol. The van der Waals surface area contributed by atoms with Crippen LogP contribution in [0.5, 0.6) is 0 Å². The minimum absolute atomic E-state index is 0.129. The molecule has 2 aromatic rings. The topological polar surface area (TPSA) is 88.0 Å². The maximum absolute atomic E-state index is 12.1. The highest BCUT2D eigenvalue weighted by Crippen LogP contribution is 2.18. The Labute approximate surface area is 128 Å². The molecule has 0 radical (unpaired) electrons. The number of aromatic amines is 1. The van der Waals surface area contributed by atoms with E-state index in [9.17, 15) is 10.0 Å². The van der Waals surface area contributed by atoms with Gasteiger partial charge in [-0.1, -0.05) is 0 Å². The quantitative estimate of drug-likeness (QED) is 0.647. The molecule has 1 aliphatic rings. The number of aryl methyl sites for hydroxylation is 1. The number of carbonyl (C=O) groups is 1. The lowest BCUT2D eigenvalue weighted by atomic mass is 10.0. The molecule has 0 aromatic carbocycles. The van der Waals surface area contributed by atoms with E-state index in [2.05, 4.69) is 20.4 Å². The van der Waals surface area contributed by atoms with Crippen molar-refractivity contribution in [1.82, 2.24) is 15.5 Å². The van der Waals surface area contributed by atoms with Crippen LogP contribution in [0.3, 0.4) is 0 Å². The molecule has 0 bridgehead atoms. The first kappa shape index (κ1) is 14.4. The summed E-state index contributed by atoms with van der Waals surface area (Å²) in [6, 6.07) is 5.37. The van der Waals surface area contributed by atoms with Crippen molar-refractivity contribution in [1.29, 1.82) is 0 Å². The number of aromatic nitrogens is 3. The molecule has 7 heteroatoms. The zero-order chi connectivity index (χ0) is 15.5. The summed E-state index contributed by atoms with van der Waals surface area (Å²) in [5.74, 6) is 0.761. The van der Waals surface area contributed by atoms with Gasteiger partial charge < -0.3 is 15.4 Å². The molecule has 2 aromatic heterocycles. The zero-order valence-corrected chi connectivity index (χ0v) is 12.5. The summed E-state index contributed by atoms with van der Waals surface area (Å²) < 4.78 is 0.636. The number of anilines is 1. The van der Waals surface area contributed by atoms with E-state index >= 15 is 0 Å². The molecule has 0 unspecified atom stereocenters. The molecule has 7 nitrogen and oxygen atoms in total. The van der Waals surface area contributed by atoms with E-state index in [1.165, 1.54) is 12.4 Å². The number of hydrogen-bond acceptors (Lipinski definition) is 4. The van der Waals surface area contributed by atoms with Crippen LogP contribution in [0.15, 0.2) is 30.6 Å². The molecule has 0 spiro atoms. The second-order valence-corrected chi connectivity index (χ2v) is 5.60. The average Bonchev–Trinajstić information content (AvgIpc) is 2.94. The van der Waals surface area contributed by atoms with Crippen LogP contribution in [0.4, 0.5) is 5.82 Å². The highest BCUT2D eigenvalue weighted by Gasteiger charge is 2.22. The van der Waals surface area contributed by atoms with Gasteiger partial charge in [0.05, 0.1) is 0 Å². The van der Waals surface area contributed by atoms with E-state index in [-0.39, 0.29) is 11.9 Å². The SMILES string of the molecule is Cc1cc(N2CCC(NC(=O)c3ccc[n+]([O-])c3)CC2)n[nH]1. The number of amides is 1. The second kappa shape index (κ2) is 6.05. The summed E-state index contributed by atoms with van der Waals surface area (Å²) in [5.41, 5.74) is 1.43. The van der Waals surface area contributed by atoms with Gasteiger partial charge in [0.25, 0.3) is 5.91 Å². The third kappa shape index (κ3) is 3.19. The first-order valence-corrected chi connectivity index (χ1v) is 7.38. The number of hydrogen-bond donors (Lipinski definition) is 2. The standard InChI is InChI=1S/C15H19N5O2/c1-11-9-14(18-17-11)19-7-4-13(5-8-19)16-15(21)12-3-2-6-20(22)10-12/h2-3,6,9-10,13H,4-5,7-8H2,1H3,(H,16,21)(H,17,18). The summed E-state index contributed by atoms with van der Waals surface area (Å²) in [7, 11) is 0. The lowest BCUT2D eigenvalue weighted by Gasteiger charge is -2.32. The maximum atomic E-state index is 12.1. The second-order valence-electron chi connectivity index (χ2n) is 5.60. The number of carbonyl (C=O) groups excluding carboxylic acids is 1.